The number of rotatable bonds is 3. The number of carbonyl (C=O) groups is 1. The van der Waals surface area contributed by atoms with Gasteiger partial charge in [0.15, 0.2) is 0 Å². The van der Waals surface area contributed by atoms with E-state index < -0.39 is 17.7 Å². The van der Waals surface area contributed by atoms with Gasteiger partial charge in [0.25, 0.3) is 0 Å². The lowest BCUT2D eigenvalue weighted by Crippen LogP contribution is -2.08. The molecule has 0 N–H and O–H groups in total. The van der Waals surface area contributed by atoms with Gasteiger partial charge in [0, 0.05) is 5.39 Å². The van der Waals surface area contributed by atoms with Crippen LogP contribution in [-0.2, 0) is 6.18 Å². The van der Waals surface area contributed by atoms with Crippen LogP contribution in [0.4, 0.5) is 13.2 Å². The molecule has 2 aromatic carbocycles. The first-order chi connectivity index (χ1) is 14.1. The standard InChI is InChI=1S/C22H17F3N2O2S/c1-12-6-4-7-13(2)19(12)29-21(28)18-11-17-14(3)26-27(20(17)30-18)16-9-5-8-15(10-16)22(23,24)25/h4-11H,1-3H3. The van der Waals surface area contributed by atoms with Gasteiger partial charge in [-0.1, -0.05) is 24.3 Å². The Morgan fingerprint density at radius 1 is 1.03 bits per heavy atom. The Hall–Kier alpha value is -3.13. The molecule has 0 saturated carbocycles. The number of fused-ring (bicyclic) bond motifs is 1. The van der Waals surface area contributed by atoms with E-state index in [4.69, 9.17) is 4.74 Å². The molecular weight excluding hydrogens is 413 g/mol. The van der Waals surface area contributed by atoms with Gasteiger partial charge in [-0.2, -0.15) is 18.3 Å². The zero-order valence-corrected chi connectivity index (χ0v) is 17.2. The van der Waals surface area contributed by atoms with Crippen molar-refractivity contribution >= 4 is 27.5 Å². The number of benzene rings is 2. The molecule has 0 fully saturated rings. The van der Waals surface area contributed by atoms with Crippen molar-refractivity contribution in [2.45, 2.75) is 26.9 Å². The molecule has 0 bridgehead atoms. The van der Waals surface area contributed by atoms with Crippen molar-refractivity contribution in [2.24, 2.45) is 0 Å². The molecule has 0 atom stereocenters. The highest BCUT2D eigenvalue weighted by Crippen LogP contribution is 2.34. The van der Waals surface area contributed by atoms with Crippen molar-refractivity contribution in [1.82, 2.24) is 9.78 Å². The number of esters is 1. The summed E-state index contributed by atoms with van der Waals surface area (Å²) in [5, 5.41) is 5.06. The number of halogens is 3. The van der Waals surface area contributed by atoms with Crippen LogP contribution in [0.15, 0.2) is 48.5 Å². The lowest BCUT2D eigenvalue weighted by molar-refractivity contribution is -0.137. The fourth-order valence-corrected chi connectivity index (χ4v) is 4.30. The maximum Gasteiger partial charge on any atom is 0.416 e. The molecule has 0 aliphatic heterocycles. The van der Waals surface area contributed by atoms with Gasteiger partial charge in [0.05, 0.1) is 16.9 Å². The minimum absolute atomic E-state index is 0.277. The summed E-state index contributed by atoms with van der Waals surface area (Å²) in [7, 11) is 0. The number of nitrogens with zero attached hydrogens (tertiary/aromatic N) is 2. The molecule has 4 rings (SSSR count). The Bertz CT molecular complexity index is 1250. The Kier molecular flexibility index (Phi) is 4.89. The van der Waals surface area contributed by atoms with Crippen molar-refractivity contribution < 1.29 is 22.7 Å². The highest BCUT2D eigenvalue weighted by Gasteiger charge is 2.31. The van der Waals surface area contributed by atoms with Gasteiger partial charge in [-0.25, -0.2) is 9.48 Å². The third-order valence-corrected chi connectivity index (χ3v) is 5.86. The molecule has 8 heteroatoms. The van der Waals surface area contributed by atoms with Crippen molar-refractivity contribution in [2.75, 3.05) is 0 Å². The maximum atomic E-state index is 13.1. The van der Waals surface area contributed by atoms with Gasteiger partial charge >= 0.3 is 12.1 Å². The highest BCUT2D eigenvalue weighted by atomic mass is 32.1. The molecule has 0 aliphatic rings. The number of alkyl halides is 3. The van der Waals surface area contributed by atoms with Crippen LogP contribution in [0.2, 0.25) is 0 Å². The van der Waals surface area contributed by atoms with Crippen LogP contribution in [0.1, 0.15) is 32.1 Å². The molecule has 30 heavy (non-hydrogen) atoms. The number of ether oxygens (including phenoxy) is 1. The van der Waals surface area contributed by atoms with Gasteiger partial charge < -0.3 is 4.74 Å². The van der Waals surface area contributed by atoms with Crippen LogP contribution in [-0.4, -0.2) is 15.7 Å². The first-order valence-corrected chi connectivity index (χ1v) is 9.92. The number of hydrogen-bond donors (Lipinski definition) is 0. The van der Waals surface area contributed by atoms with Crippen LogP contribution in [0.5, 0.6) is 5.75 Å². The Balaban J connectivity index is 1.74. The molecule has 0 spiro atoms. The summed E-state index contributed by atoms with van der Waals surface area (Å²) < 4.78 is 46.3. The van der Waals surface area contributed by atoms with Crippen LogP contribution >= 0.6 is 11.3 Å². The lowest BCUT2D eigenvalue weighted by atomic mass is 10.1. The third-order valence-electron chi connectivity index (χ3n) is 4.77. The van der Waals surface area contributed by atoms with E-state index >= 15 is 0 Å². The minimum Gasteiger partial charge on any atom is -0.422 e. The zero-order valence-electron chi connectivity index (χ0n) is 16.4. The molecule has 154 valence electrons. The summed E-state index contributed by atoms with van der Waals surface area (Å²) in [4.78, 5) is 13.7. The highest BCUT2D eigenvalue weighted by molar-refractivity contribution is 7.20. The molecule has 0 amide bonds. The molecule has 0 saturated heterocycles. The van der Waals surface area contributed by atoms with E-state index in [1.54, 1.807) is 19.1 Å². The number of hydrogen-bond acceptors (Lipinski definition) is 4. The average Bonchev–Trinajstić information content (AvgIpc) is 3.25. The quantitative estimate of drug-likeness (QED) is 0.285. The fraction of sp³-hybridized carbons (Fsp3) is 0.182. The molecule has 0 radical (unpaired) electrons. The zero-order chi connectivity index (χ0) is 21.6. The number of aryl methyl sites for hydroxylation is 3. The lowest BCUT2D eigenvalue weighted by Gasteiger charge is -2.09. The number of aromatic nitrogens is 2. The van der Waals surface area contributed by atoms with E-state index in [1.807, 2.05) is 32.0 Å². The van der Waals surface area contributed by atoms with Gasteiger partial charge in [-0.3, -0.25) is 0 Å². The molecule has 0 aliphatic carbocycles. The summed E-state index contributed by atoms with van der Waals surface area (Å²) in [6.45, 7) is 5.46. The first kappa shape index (κ1) is 20.2. The van der Waals surface area contributed by atoms with Crippen molar-refractivity contribution in [3.05, 3.63) is 75.8 Å². The smallest absolute Gasteiger partial charge is 0.416 e. The third kappa shape index (κ3) is 3.59. The summed E-state index contributed by atoms with van der Waals surface area (Å²) in [5.41, 5.74) is 1.82. The van der Waals surface area contributed by atoms with E-state index in [0.717, 1.165) is 34.6 Å². The van der Waals surface area contributed by atoms with E-state index in [0.29, 0.717) is 26.5 Å². The summed E-state index contributed by atoms with van der Waals surface area (Å²) in [5.74, 6) is -0.000208. The van der Waals surface area contributed by atoms with Crippen LogP contribution in [0.25, 0.3) is 15.9 Å². The van der Waals surface area contributed by atoms with Crippen LogP contribution in [0, 0.1) is 20.8 Å². The Morgan fingerprint density at radius 2 is 1.70 bits per heavy atom. The second-order valence-electron chi connectivity index (χ2n) is 6.99. The largest absolute Gasteiger partial charge is 0.422 e. The number of carbonyl (C=O) groups excluding carboxylic acids is 1. The normalized spacial score (nSPS) is 11.8. The molecule has 2 aromatic heterocycles. The van der Waals surface area contributed by atoms with E-state index in [1.165, 1.54) is 10.7 Å². The second-order valence-corrected chi connectivity index (χ2v) is 8.02. The van der Waals surface area contributed by atoms with Gasteiger partial charge in [-0.15, -0.1) is 11.3 Å². The van der Waals surface area contributed by atoms with Crippen LogP contribution < -0.4 is 4.74 Å². The Morgan fingerprint density at radius 3 is 2.37 bits per heavy atom. The van der Waals surface area contributed by atoms with Crippen molar-refractivity contribution in [3.63, 3.8) is 0 Å². The first-order valence-electron chi connectivity index (χ1n) is 9.10. The van der Waals surface area contributed by atoms with Gasteiger partial charge in [0.1, 0.15) is 15.5 Å². The fourth-order valence-electron chi connectivity index (χ4n) is 3.24. The molecule has 0 unspecified atom stereocenters. The number of thiophene rings is 1. The molecule has 2 heterocycles. The predicted molar refractivity (Wildman–Crippen MR) is 110 cm³/mol. The summed E-state index contributed by atoms with van der Waals surface area (Å²) >= 11 is 1.14. The van der Waals surface area contributed by atoms with Gasteiger partial charge in [0.2, 0.25) is 0 Å². The minimum atomic E-state index is -4.45. The molecule has 4 nitrogen and oxygen atoms in total. The SMILES string of the molecule is Cc1cccc(C)c1OC(=O)c1cc2c(C)nn(-c3cccc(C(F)(F)F)c3)c2s1. The maximum absolute atomic E-state index is 13.1. The molecular formula is C22H17F3N2O2S. The molecule has 4 aromatic rings. The predicted octanol–water partition coefficient (Wildman–Crippen LogP) is 6.25. The van der Waals surface area contributed by atoms with E-state index in [2.05, 4.69) is 5.10 Å². The number of para-hydroxylation sites is 1. The van der Waals surface area contributed by atoms with Gasteiger partial charge in [-0.05, 0) is 56.2 Å². The monoisotopic (exact) mass is 430 g/mol. The van der Waals surface area contributed by atoms with Crippen molar-refractivity contribution in [1.29, 1.82) is 0 Å². The van der Waals surface area contributed by atoms with Crippen molar-refractivity contribution in [3.8, 4) is 11.4 Å². The average molecular weight is 430 g/mol. The second kappa shape index (κ2) is 7.28. The van der Waals surface area contributed by atoms with E-state index in [9.17, 15) is 18.0 Å². The Labute approximate surface area is 174 Å². The summed E-state index contributed by atoms with van der Waals surface area (Å²) in [6.07, 6.45) is -4.45. The van der Waals surface area contributed by atoms with E-state index in [-0.39, 0.29) is 5.69 Å². The topological polar surface area (TPSA) is 44.1 Å². The summed E-state index contributed by atoms with van der Waals surface area (Å²) in [6, 6.07) is 12.2. The van der Waals surface area contributed by atoms with Crippen LogP contribution in [0.3, 0.4) is 0 Å².